The zero-order valence-corrected chi connectivity index (χ0v) is 21.5. The number of nitrogen functional groups attached to an aromatic ring is 1. The SMILES string of the molecule is CCOc1cccc(C(CCNC)Oc2ccccc2N=C(C)c2c(C)nnc(N(C)C)c2N)c1. The molecule has 8 heteroatoms. The third-order valence-electron chi connectivity index (χ3n) is 5.57. The first kappa shape index (κ1) is 26.0. The molecule has 0 amide bonds. The van der Waals surface area contributed by atoms with Gasteiger partial charge in [0.1, 0.15) is 23.3 Å². The average molecular weight is 477 g/mol. The van der Waals surface area contributed by atoms with Gasteiger partial charge in [0.2, 0.25) is 0 Å². The van der Waals surface area contributed by atoms with E-state index in [0.717, 1.165) is 46.9 Å². The lowest BCUT2D eigenvalue weighted by Gasteiger charge is -2.21. The molecule has 0 bridgehead atoms. The Morgan fingerprint density at radius 1 is 1.14 bits per heavy atom. The van der Waals surface area contributed by atoms with Crippen LogP contribution in [-0.4, -0.2) is 50.2 Å². The van der Waals surface area contributed by atoms with Gasteiger partial charge in [0.25, 0.3) is 0 Å². The number of hydrogen-bond acceptors (Lipinski definition) is 8. The van der Waals surface area contributed by atoms with Gasteiger partial charge in [-0.25, -0.2) is 4.99 Å². The number of aryl methyl sites for hydroxylation is 1. The van der Waals surface area contributed by atoms with Crippen LogP contribution >= 0.6 is 0 Å². The topological polar surface area (TPSA) is 97.9 Å². The van der Waals surface area contributed by atoms with E-state index in [1.165, 1.54) is 0 Å². The molecule has 0 saturated carbocycles. The molecule has 0 aliphatic carbocycles. The van der Waals surface area contributed by atoms with Crippen molar-refractivity contribution in [3.05, 3.63) is 65.4 Å². The molecule has 8 nitrogen and oxygen atoms in total. The van der Waals surface area contributed by atoms with Crippen LogP contribution in [0.4, 0.5) is 17.2 Å². The molecule has 35 heavy (non-hydrogen) atoms. The second kappa shape index (κ2) is 12.2. The Kier molecular flexibility index (Phi) is 9.03. The zero-order valence-electron chi connectivity index (χ0n) is 21.5. The number of anilines is 2. The molecule has 3 N–H and O–H groups in total. The molecule has 0 aliphatic rings. The Morgan fingerprint density at radius 3 is 2.63 bits per heavy atom. The molecule has 0 radical (unpaired) electrons. The number of benzene rings is 2. The lowest BCUT2D eigenvalue weighted by Crippen LogP contribution is -2.18. The highest BCUT2D eigenvalue weighted by Gasteiger charge is 2.18. The van der Waals surface area contributed by atoms with E-state index < -0.39 is 0 Å². The largest absolute Gasteiger partial charge is 0.494 e. The predicted molar refractivity (Wildman–Crippen MR) is 143 cm³/mol. The summed E-state index contributed by atoms with van der Waals surface area (Å²) in [5.41, 5.74) is 11.1. The van der Waals surface area contributed by atoms with Gasteiger partial charge >= 0.3 is 0 Å². The van der Waals surface area contributed by atoms with Gasteiger partial charge in [0.05, 0.1) is 18.0 Å². The monoisotopic (exact) mass is 476 g/mol. The summed E-state index contributed by atoms with van der Waals surface area (Å²) in [6.07, 6.45) is 0.615. The molecule has 1 atom stereocenters. The van der Waals surface area contributed by atoms with Crippen molar-refractivity contribution in [2.24, 2.45) is 4.99 Å². The molecule has 3 rings (SSSR count). The minimum absolute atomic E-state index is 0.172. The van der Waals surface area contributed by atoms with Gasteiger partial charge in [-0.1, -0.05) is 24.3 Å². The van der Waals surface area contributed by atoms with Crippen LogP contribution < -0.4 is 25.4 Å². The van der Waals surface area contributed by atoms with E-state index >= 15 is 0 Å². The summed E-state index contributed by atoms with van der Waals surface area (Å²) in [6, 6.07) is 15.8. The number of hydrogen-bond donors (Lipinski definition) is 2. The van der Waals surface area contributed by atoms with Crippen LogP contribution in [0.1, 0.15) is 43.2 Å². The first-order chi connectivity index (χ1) is 16.8. The van der Waals surface area contributed by atoms with Crippen LogP contribution in [0.15, 0.2) is 53.5 Å². The van der Waals surface area contributed by atoms with Gasteiger partial charge in [-0.2, -0.15) is 5.10 Å². The fourth-order valence-corrected chi connectivity index (χ4v) is 3.90. The van der Waals surface area contributed by atoms with Crippen molar-refractivity contribution < 1.29 is 9.47 Å². The van der Waals surface area contributed by atoms with Crippen molar-refractivity contribution in [1.82, 2.24) is 15.5 Å². The fourth-order valence-electron chi connectivity index (χ4n) is 3.90. The number of rotatable bonds is 11. The maximum Gasteiger partial charge on any atom is 0.174 e. The van der Waals surface area contributed by atoms with E-state index in [4.69, 9.17) is 20.2 Å². The van der Waals surface area contributed by atoms with E-state index in [-0.39, 0.29) is 6.10 Å². The highest BCUT2D eigenvalue weighted by Crippen LogP contribution is 2.35. The third-order valence-corrected chi connectivity index (χ3v) is 5.57. The lowest BCUT2D eigenvalue weighted by atomic mass is 10.1. The first-order valence-corrected chi connectivity index (χ1v) is 11.8. The van der Waals surface area contributed by atoms with Gasteiger partial charge in [0.15, 0.2) is 5.82 Å². The second-order valence-electron chi connectivity index (χ2n) is 8.46. The summed E-state index contributed by atoms with van der Waals surface area (Å²) in [6.45, 7) is 7.22. The third kappa shape index (κ3) is 6.48. The van der Waals surface area contributed by atoms with Gasteiger partial charge in [0, 0.05) is 31.8 Å². The highest BCUT2D eigenvalue weighted by molar-refractivity contribution is 6.07. The van der Waals surface area contributed by atoms with Crippen molar-refractivity contribution in [3.8, 4) is 11.5 Å². The number of nitrogens with one attached hydrogen (secondary N) is 1. The molecule has 0 aliphatic heterocycles. The Morgan fingerprint density at radius 2 is 1.91 bits per heavy atom. The Bertz CT molecular complexity index is 1160. The van der Waals surface area contributed by atoms with Gasteiger partial charge < -0.3 is 25.4 Å². The summed E-state index contributed by atoms with van der Waals surface area (Å²) in [4.78, 5) is 6.76. The normalized spacial score (nSPS) is 12.3. The Balaban J connectivity index is 1.98. The smallest absolute Gasteiger partial charge is 0.174 e. The Labute approximate surface area is 208 Å². The first-order valence-electron chi connectivity index (χ1n) is 11.8. The van der Waals surface area contributed by atoms with E-state index in [9.17, 15) is 0 Å². The number of aliphatic imine (C=N–C) groups is 1. The quantitative estimate of drug-likeness (QED) is 0.387. The van der Waals surface area contributed by atoms with E-state index in [2.05, 4.69) is 21.6 Å². The van der Waals surface area contributed by atoms with Gasteiger partial charge in [-0.05, 0) is 64.2 Å². The molecule has 0 saturated heterocycles. The predicted octanol–water partition coefficient (Wildman–Crippen LogP) is 4.70. The standard InChI is InChI=1S/C27H36N6O2/c1-7-34-21-12-10-11-20(17-21)23(15-16-29-4)35-24-14-9-8-13-22(24)30-18(2)25-19(3)31-32-27(26(25)28)33(5)6/h8-14,17,23,29H,7,15-16H2,1-6H3,(H2,28,31). The van der Waals surface area contributed by atoms with Gasteiger partial charge in [-0.15, -0.1) is 5.10 Å². The molecular weight excluding hydrogens is 440 g/mol. The number of para-hydroxylation sites is 2. The van der Waals surface area contributed by atoms with Crippen molar-refractivity contribution in [1.29, 1.82) is 0 Å². The molecule has 0 fully saturated rings. The molecule has 1 heterocycles. The molecule has 2 aromatic carbocycles. The summed E-state index contributed by atoms with van der Waals surface area (Å²) in [5.74, 6) is 2.14. The van der Waals surface area contributed by atoms with E-state index in [0.29, 0.717) is 23.9 Å². The number of aromatic nitrogens is 2. The zero-order chi connectivity index (χ0) is 25.4. The summed E-state index contributed by atoms with van der Waals surface area (Å²) >= 11 is 0. The van der Waals surface area contributed by atoms with Crippen LogP contribution in [0.3, 0.4) is 0 Å². The van der Waals surface area contributed by atoms with Crippen LogP contribution in [0.5, 0.6) is 11.5 Å². The van der Waals surface area contributed by atoms with Crippen molar-refractivity contribution >= 4 is 22.9 Å². The molecule has 186 valence electrons. The van der Waals surface area contributed by atoms with Crippen molar-refractivity contribution in [2.75, 3.05) is 44.9 Å². The maximum atomic E-state index is 6.56. The average Bonchev–Trinajstić information content (AvgIpc) is 2.83. The van der Waals surface area contributed by atoms with Crippen molar-refractivity contribution in [3.63, 3.8) is 0 Å². The summed E-state index contributed by atoms with van der Waals surface area (Å²) < 4.78 is 12.3. The lowest BCUT2D eigenvalue weighted by molar-refractivity contribution is 0.195. The molecule has 0 spiro atoms. The minimum atomic E-state index is -0.172. The number of ether oxygens (including phenoxy) is 2. The molecule has 3 aromatic rings. The molecule has 1 aromatic heterocycles. The van der Waals surface area contributed by atoms with Crippen LogP contribution in [0, 0.1) is 6.92 Å². The van der Waals surface area contributed by atoms with Crippen LogP contribution in [0.2, 0.25) is 0 Å². The molecule has 1 unspecified atom stereocenters. The Hall–Kier alpha value is -3.65. The number of nitrogens with zero attached hydrogens (tertiary/aromatic N) is 4. The van der Waals surface area contributed by atoms with E-state index in [1.807, 2.05) is 89.3 Å². The van der Waals surface area contributed by atoms with Gasteiger partial charge in [-0.3, -0.25) is 0 Å². The van der Waals surface area contributed by atoms with Crippen molar-refractivity contribution in [2.45, 2.75) is 33.3 Å². The summed E-state index contributed by atoms with van der Waals surface area (Å²) in [7, 11) is 5.72. The van der Waals surface area contributed by atoms with E-state index in [1.54, 1.807) is 0 Å². The second-order valence-corrected chi connectivity index (χ2v) is 8.46. The van der Waals surface area contributed by atoms with Crippen LogP contribution in [-0.2, 0) is 0 Å². The fraction of sp³-hybridized carbons (Fsp3) is 0.370. The summed E-state index contributed by atoms with van der Waals surface area (Å²) in [5, 5.41) is 11.7. The van der Waals surface area contributed by atoms with Crippen LogP contribution in [0.25, 0.3) is 0 Å². The highest BCUT2D eigenvalue weighted by atomic mass is 16.5. The minimum Gasteiger partial charge on any atom is -0.494 e. The molecular formula is C27H36N6O2. The maximum absolute atomic E-state index is 6.56. The number of nitrogens with two attached hydrogens (primary N) is 1.